The number of halogens is 2. The first-order chi connectivity index (χ1) is 9.16. The fraction of sp³-hybridized carbons (Fsp3) is 0.571. The van der Waals surface area contributed by atoms with Gasteiger partial charge in [0.2, 0.25) is 0 Å². The lowest BCUT2D eigenvalue weighted by Crippen LogP contribution is -2.45. The number of nitrogens with one attached hydrogen (secondary N) is 1. The summed E-state index contributed by atoms with van der Waals surface area (Å²) in [6, 6.07) is 2.70. The first kappa shape index (κ1) is 13.2. The van der Waals surface area contributed by atoms with Crippen molar-refractivity contribution >= 4 is 11.6 Å². The minimum Gasteiger partial charge on any atom is -0.506 e. The highest BCUT2D eigenvalue weighted by atomic mass is 35.5. The van der Waals surface area contributed by atoms with Gasteiger partial charge in [0.05, 0.1) is 5.02 Å². The summed E-state index contributed by atoms with van der Waals surface area (Å²) in [7, 11) is 0. The van der Waals surface area contributed by atoms with E-state index >= 15 is 0 Å². The van der Waals surface area contributed by atoms with E-state index in [9.17, 15) is 9.50 Å². The van der Waals surface area contributed by atoms with Crippen molar-refractivity contribution in [2.45, 2.75) is 18.9 Å². The molecule has 1 aliphatic carbocycles. The lowest BCUT2D eigenvalue weighted by Gasteiger charge is -2.35. The van der Waals surface area contributed by atoms with Crippen LogP contribution in [0.25, 0.3) is 0 Å². The van der Waals surface area contributed by atoms with E-state index in [1.54, 1.807) is 0 Å². The molecule has 1 atom stereocenters. The second-order valence-electron chi connectivity index (χ2n) is 5.39. The summed E-state index contributed by atoms with van der Waals surface area (Å²) in [4.78, 5) is 2.33. The molecule has 2 N–H and O–H groups in total. The molecule has 1 aromatic rings. The molecule has 1 heterocycles. The van der Waals surface area contributed by atoms with Gasteiger partial charge >= 0.3 is 0 Å². The molecule has 1 aliphatic heterocycles. The summed E-state index contributed by atoms with van der Waals surface area (Å²) >= 11 is 5.91. The fourth-order valence-corrected chi connectivity index (χ4v) is 3.15. The van der Waals surface area contributed by atoms with Crippen molar-refractivity contribution in [1.82, 2.24) is 10.2 Å². The second kappa shape index (κ2) is 5.27. The minimum atomic E-state index is -0.376. The molecule has 2 aliphatic rings. The molecule has 0 aromatic heterocycles. The first-order valence-electron chi connectivity index (χ1n) is 6.79. The van der Waals surface area contributed by atoms with E-state index in [1.165, 1.54) is 12.1 Å². The van der Waals surface area contributed by atoms with Crippen molar-refractivity contribution in [1.29, 1.82) is 0 Å². The number of hydrogen-bond donors (Lipinski definition) is 2. The Morgan fingerprint density at radius 2 is 2.00 bits per heavy atom. The number of hydrogen-bond acceptors (Lipinski definition) is 3. The highest BCUT2D eigenvalue weighted by molar-refractivity contribution is 6.32. The highest BCUT2D eigenvalue weighted by Gasteiger charge is 2.38. The number of aromatic hydroxyl groups is 1. The maximum Gasteiger partial charge on any atom is 0.139 e. The molecule has 2 fully saturated rings. The lowest BCUT2D eigenvalue weighted by atomic mass is 9.98. The third kappa shape index (κ3) is 2.71. The summed E-state index contributed by atoms with van der Waals surface area (Å²) in [6.07, 6.45) is 2.28. The SMILES string of the molecule is Oc1c(Cl)cc(F)cc1[C@@H](C1CC1)N1CCNCC1. The molecule has 3 rings (SSSR count). The van der Waals surface area contributed by atoms with Crippen LogP contribution < -0.4 is 5.32 Å². The van der Waals surface area contributed by atoms with Crippen LogP contribution in [-0.4, -0.2) is 36.2 Å². The lowest BCUT2D eigenvalue weighted by molar-refractivity contribution is 0.153. The number of piperazine rings is 1. The van der Waals surface area contributed by atoms with Crippen molar-refractivity contribution in [3.05, 3.63) is 28.5 Å². The Labute approximate surface area is 117 Å². The van der Waals surface area contributed by atoms with E-state index in [2.05, 4.69) is 10.2 Å². The summed E-state index contributed by atoms with van der Waals surface area (Å²) < 4.78 is 13.6. The highest BCUT2D eigenvalue weighted by Crippen LogP contribution is 2.48. The molecular weight excluding hydrogens is 267 g/mol. The number of nitrogens with zero attached hydrogens (tertiary/aromatic N) is 1. The molecule has 0 unspecified atom stereocenters. The standard InChI is InChI=1S/C14H18ClFN2O/c15-12-8-10(16)7-11(14(12)19)13(9-1-2-9)18-5-3-17-4-6-18/h7-9,13,17,19H,1-6H2/t13-/m1/s1. The molecule has 0 radical (unpaired) electrons. The summed E-state index contributed by atoms with van der Waals surface area (Å²) in [6.45, 7) is 3.73. The van der Waals surface area contributed by atoms with Crippen LogP contribution in [0, 0.1) is 11.7 Å². The predicted octanol–water partition coefficient (Wildman–Crippen LogP) is 2.54. The van der Waals surface area contributed by atoms with Gasteiger partial charge in [0.1, 0.15) is 11.6 Å². The van der Waals surface area contributed by atoms with Gasteiger partial charge in [0.25, 0.3) is 0 Å². The molecule has 19 heavy (non-hydrogen) atoms. The third-order valence-electron chi connectivity index (χ3n) is 3.99. The zero-order chi connectivity index (χ0) is 13.4. The van der Waals surface area contributed by atoms with Gasteiger partial charge in [-0.2, -0.15) is 0 Å². The van der Waals surface area contributed by atoms with Crippen LogP contribution in [0.1, 0.15) is 24.4 Å². The number of phenolic OH excluding ortho intramolecular Hbond substituents is 1. The number of rotatable bonds is 3. The molecule has 0 amide bonds. The summed E-state index contributed by atoms with van der Waals surface area (Å²) in [5, 5.41) is 13.6. The van der Waals surface area contributed by atoms with Crippen LogP contribution in [-0.2, 0) is 0 Å². The van der Waals surface area contributed by atoms with E-state index in [0.717, 1.165) is 39.0 Å². The molecule has 0 bridgehead atoms. The van der Waals surface area contributed by atoms with Gasteiger partial charge in [-0.3, -0.25) is 4.90 Å². The quantitative estimate of drug-likeness (QED) is 0.895. The zero-order valence-corrected chi connectivity index (χ0v) is 11.5. The normalized spacial score (nSPS) is 22.4. The number of benzene rings is 1. The van der Waals surface area contributed by atoms with Crippen molar-refractivity contribution in [3.8, 4) is 5.75 Å². The van der Waals surface area contributed by atoms with Gasteiger partial charge in [0.15, 0.2) is 0 Å². The van der Waals surface area contributed by atoms with Crippen LogP contribution in [0.3, 0.4) is 0 Å². The minimum absolute atomic E-state index is 0.0403. The van der Waals surface area contributed by atoms with Crippen molar-refractivity contribution < 1.29 is 9.50 Å². The maximum absolute atomic E-state index is 13.6. The van der Waals surface area contributed by atoms with Crippen molar-refractivity contribution in [2.24, 2.45) is 5.92 Å². The molecule has 1 aromatic carbocycles. The van der Waals surface area contributed by atoms with E-state index in [1.807, 2.05) is 0 Å². The molecule has 104 valence electrons. The molecule has 1 saturated carbocycles. The van der Waals surface area contributed by atoms with Crippen LogP contribution >= 0.6 is 11.6 Å². The molecule has 0 spiro atoms. The Bertz CT molecular complexity index is 473. The van der Waals surface area contributed by atoms with E-state index in [-0.39, 0.29) is 22.6 Å². The first-order valence-corrected chi connectivity index (χ1v) is 7.17. The fourth-order valence-electron chi connectivity index (χ4n) is 2.93. The maximum atomic E-state index is 13.6. The van der Waals surface area contributed by atoms with Crippen molar-refractivity contribution in [2.75, 3.05) is 26.2 Å². The number of phenols is 1. The largest absolute Gasteiger partial charge is 0.506 e. The Morgan fingerprint density at radius 3 is 2.63 bits per heavy atom. The van der Waals surface area contributed by atoms with Gasteiger partial charge in [-0.1, -0.05) is 11.6 Å². The van der Waals surface area contributed by atoms with E-state index in [4.69, 9.17) is 11.6 Å². The Hall–Kier alpha value is -0.840. The van der Waals surface area contributed by atoms with Crippen LogP contribution in [0.5, 0.6) is 5.75 Å². The molecule has 1 saturated heterocycles. The van der Waals surface area contributed by atoms with Gasteiger partial charge < -0.3 is 10.4 Å². The van der Waals surface area contributed by atoms with E-state index < -0.39 is 0 Å². The molecule has 5 heteroatoms. The topological polar surface area (TPSA) is 35.5 Å². The average molecular weight is 285 g/mol. The Morgan fingerprint density at radius 1 is 1.32 bits per heavy atom. The third-order valence-corrected chi connectivity index (χ3v) is 4.28. The van der Waals surface area contributed by atoms with Gasteiger partial charge in [-0.15, -0.1) is 0 Å². The smallest absolute Gasteiger partial charge is 0.139 e. The van der Waals surface area contributed by atoms with Crippen LogP contribution in [0.2, 0.25) is 5.02 Å². The molecule has 3 nitrogen and oxygen atoms in total. The zero-order valence-electron chi connectivity index (χ0n) is 10.7. The monoisotopic (exact) mass is 284 g/mol. The van der Waals surface area contributed by atoms with E-state index in [0.29, 0.717) is 11.5 Å². The van der Waals surface area contributed by atoms with Crippen LogP contribution in [0.4, 0.5) is 4.39 Å². The van der Waals surface area contributed by atoms with Crippen molar-refractivity contribution in [3.63, 3.8) is 0 Å². The Balaban J connectivity index is 1.95. The van der Waals surface area contributed by atoms with Gasteiger partial charge in [-0.05, 0) is 30.9 Å². The summed E-state index contributed by atoms with van der Waals surface area (Å²) in [5.74, 6) is 0.180. The van der Waals surface area contributed by atoms with Gasteiger partial charge in [0, 0.05) is 37.8 Å². The second-order valence-corrected chi connectivity index (χ2v) is 5.80. The average Bonchev–Trinajstić information content (AvgIpc) is 3.21. The molecular formula is C14H18ClFN2O. The van der Waals surface area contributed by atoms with Gasteiger partial charge in [-0.25, -0.2) is 4.39 Å². The Kier molecular flexibility index (Phi) is 3.65. The summed E-state index contributed by atoms with van der Waals surface area (Å²) in [5.41, 5.74) is 0.648. The van der Waals surface area contributed by atoms with Crippen LogP contribution in [0.15, 0.2) is 12.1 Å². The predicted molar refractivity (Wildman–Crippen MR) is 73.0 cm³/mol.